The first-order chi connectivity index (χ1) is 12.9. The zero-order valence-electron chi connectivity index (χ0n) is 15.0. The summed E-state index contributed by atoms with van der Waals surface area (Å²) >= 11 is 0. The van der Waals surface area contributed by atoms with Crippen LogP contribution in [0.1, 0.15) is 6.92 Å². The SMILES string of the molecule is CO[C@@]12[C@H](COC(N)=O)C3=C(C(=O)C(C)C4(OCCO4)C3=O)N1C[C@@H]1N[C@@H]12. The summed E-state index contributed by atoms with van der Waals surface area (Å²) in [6.07, 6.45) is -0.953. The largest absolute Gasteiger partial charge is 0.449 e. The van der Waals surface area contributed by atoms with E-state index in [4.69, 9.17) is 24.7 Å². The second-order valence-corrected chi connectivity index (χ2v) is 7.54. The molecular formula is C17H21N3O7. The smallest absolute Gasteiger partial charge is 0.404 e. The molecule has 1 unspecified atom stereocenters. The second-order valence-electron chi connectivity index (χ2n) is 7.54. The lowest BCUT2D eigenvalue weighted by atomic mass is 9.76. The summed E-state index contributed by atoms with van der Waals surface area (Å²) < 4.78 is 22.3. The minimum Gasteiger partial charge on any atom is -0.449 e. The number of Topliss-reactive ketones (excluding diaryl/α,β-unsaturated/α-hetero) is 2. The molecule has 1 aliphatic carbocycles. The molecule has 5 aliphatic rings. The number of ketones is 2. The number of amides is 1. The van der Waals surface area contributed by atoms with E-state index in [0.29, 0.717) is 12.2 Å². The Morgan fingerprint density at radius 1 is 1.37 bits per heavy atom. The van der Waals surface area contributed by atoms with Crippen LogP contribution in [-0.2, 0) is 28.5 Å². The number of allylic oxidation sites excluding steroid dienone is 1. The number of nitrogens with two attached hydrogens (primary N) is 1. The van der Waals surface area contributed by atoms with E-state index in [1.807, 2.05) is 4.90 Å². The first kappa shape index (κ1) is 17.1. The number of ether oxygens (including phenoxy) is 4. The zero-order chi connectivity index (χ0) is 19.1. The van der Waals surface area contributed by atoms with E-state index in [1.54, 1.807) is 6.92 Å². The molecule has 4 heterocycles. The van der Waals surface area contributed by atoms with Gasteiger partial charge in [0, 0.05) is 25.3 Å². The molecule has 0 radical (unpaired) electrons. The summed E-state index contributed by atoms with van der Waals surface area (Å²) in [4.78, 5) is 39.9. The van der Waals surface area contributed by atoms with Gasteiger partial charge in [-0.2, -0.15) is 0 Å². The fourth-order valence-corrected chi connectivity index (χ4v) is 5.29. The van der Waals surface area contributed by atoms with Crippen LogP contribution in [0.4, 0.5) is 4.79 Å². The summed E-state index contributed by atoms with van der Waals surface area (Å²) in [7, 11) is 1.53. The molecule has 146 valence electrons. The van der Waals surface area contributed by atoms with E-state index in [9.17, 15) is 14.4 Å². The highest BCUT2D eigenvalue weighted by molar-refractivity contribution is 6.17. The van der Waals surface area contributed by atoms with Gasteiger partial charge in [-0.25, -0.2) is 4.79 Å². The highest BCUT2D eigenvalue weighted by Gasteiger charge is 2.75. The van der Waals surface area contributed by atoms with Crippen LogP contribution in [0.2, 0.25) is 0 Å². The number of fused-ring (bicyclic) bond motifs is 4. The molecule has 0 aromatic heterocycles. The van der Waals surface area contributed by atoms with Gasteiger partial charge in [0.05, 0.1) is 36.8 Å². The lowest BCUT2D eigenvalue weighted by molar-refractivity contribution is -0.197. The summed E-state index contributed by atoms with van der Waals surface area (Å²) in [5, 5.41) is 3.31. The van der Waals surface area contributed by atoms with Crippen molar-refractivity contribution < 1.29 is 33.3 Å². The average molecular weight is 379 g/mol. The molecule has 3 fully saturated rings. The molecule has 0 aromatic carbocycles. The van der Waals surface area contributed by atoms with E-state index in [2.05, 4.69) is 5.32 Å². The average Bonchev–Trinajstić information content (AvgIpc) is 3.04. The van der Waals surface area contributed by atoms with Crippen molar-refractivity contribution in [1.29, 1.82) is 0 Å². The van der Waals surface area contributed by atoms with Gasteiger partial charge in [-0.05, 0) is 6.92 Å². The van der Waals surface area contributed by atoms with E-state index in [1.165, 1.54) is 7.11 Å². The lowest BCUT2D eigenvalue weighted by Crippen LogP contribution is -2.55. The molecule has 27 heavy (non-hydrogen) atoms. The lowest BCUT2D eigenvalue weighted by Gasteiger charge is -2.39. The quantitative estimate of drug-likeness (QED) is 0.560. The number of piperazine rings is 1. The first-order valence-electron chi connectivity index (χ1n) is 9.00. The Balaban J connectivity index is 1.65. The molecule has 3 N–H and O–H groups in total. The molecule has 3 saturated heterocycles. The number of methoxy groups -OCH3 is 1. The minimum atomic E-state index is -1.62. The monoisotopic (exact) mass is 379 g/mol. The maximum Gasteiger partial charge on any atom is 0.404 e. The van der Waals surface area contributed by atoms with Crippen LogP contribution in [0.15, 0.2) is 11.3 Å². The number of carbonyl (C=O) groups is 3. The molecule has 1 spiro atoms. The normalized spacial score (nSPS) is 41.0. The highest BCUT2D eigenvalue weighted by Crippen LogP contribution is 2.57. The van der Waals surface area contributed by atoms with Gasteiger partial charge < -0.3 is 34.9 Å². The van der Waals surface area contributed by atoms with Gasteiger partial charge >= 0.3 is 6.09 Å². The summed E-state index contributed by atoms with van der Waals surface area (Å²) in [6, 6.07) is 0.0787. The van der Waals surface area contributed by atoms with Crippen LogP contribution in [-0.4, -0.2) is 79.6 Å². The Kier molecular flexibility index (Phi) is 3.35. The Hall–Kier alpha value is -2.01. The van der Waals surface area contributed by atoms with Crippen molar-refractivity contribution in [2.45, 2.75) is 30.5 Å². The van der Waals surface area contributed by atoms with Crippen LogP contribution < -0.4 is 11.1 Å². The molecule has 5 atom stereocenters. The maximum absolute atomic E-state index is 13.5. The number of hydrogen-bond acceptors (Lipinski definition) is 9. The fourth-order valence-electron chi connectivity index (χ4n) is 5.29. The molecule has 10 heteroatoms. The second kappa shape index (κ2) is 5.28. The predicted octanol–water partition coefficient (Wildman–Crippen LogP) is -1.50. The van der Waals surface area contributed by atoms with Crippen LogP contribution in [0.5, 0.6) is 0 Å². The van der Waals surface area contributed by atoms with Crippen molar-refractivity contribution in [3.05, 3.63) is 11.3 Å². The standard InChI is InChI=1S/C17H21N3O7/c1-7-12(21)11-10(14(22)17(7)26-3-4-27-17)8(6-25-15(18)23)16(24-2)13-9(19-13)5-20(11)16/h7-9,13,19H,3-6H2,1-2H3,(H2,18,23)/t7?,8-,9+,13+,16-/m1/s1. The molecule has 10 nitrogen and oxygen atoms in total. The van der Waals surface area contributed by atoms with Crippen molar-refractivity contribution in [2.24, 2.45) is 17.6 Å². The molecule has 1 amide bonds. The summed E-state index contributed by atoms with van der Waals surface area (Å²) in [5.74, 6) is -3.70. The van der Waals surface area contributed by atoms with Crippen molar-refractivity contribution in [2.75, 3.05) is 33.5 Å². The van der Waals surface area contributed by atoms with Crippen molar-refractivity contribution in [3.63, 3.8) is 0 Å². The van der Waals surface area contributed by atoms with Gasteiger partial charge in [0.2, 0.25) is 11.6 Å². The Labute approximate surface area is 154 Å². The van der Waals surface area contributed by atoms with E-state index in [0.717, 1.165) is 0 Å². The predicted molar refractivity (Wildman–Crippen MR) is 87.0 cm³/mol. The minimum absolute atomic E-state index is 0.0770. The summed E-state index contributed by atoms with van der Waals surface area (Å²) in [5.41, 5.74) is 4.74. The van der Waals surface area contributed by atoms with Crippen LogP contribution in [0, 0.1) is 11.8 Å². The third-order valence-corrected chi connectivity index (χ3v) is 6.50. The van der Waals surface area contributed by atoms with Gasteiger partial charge in [-0.15, -0.1) is 0 Å². The Bertz CT molecular complexity index is 789. The van der Waals surface area contributed by atoms with Gasteiger partial charge in [-0.3, -0.25) is 9.59 Å². The molecule has 0 saturated carbocycles. The van der Waals surface area contributed by atoms with Crippen molar-refractivity contribution in [1.82, 2.24) is 10.2 Å². The number of rotatable bonds is 3. The van der Waals surface area contributed by atoms with Crippen molar-refractivity contribution >= 4 is 17.7 Å². The molecule has 5 rings (SSSR count). The number of nitrogens with one attached hydrogen (secondary N) is 1. The number of hydrogen-bond donors (Lipinski definition) is 2. The number of primary amides is 1. The van der Waals surface area contributed by atoms with Crippen LogP contribution in [0.25, 0.3) is 0 Å². The Morgan fingerprint density at radius 2 is 2.07 bits per heavy atom. The van der Waals surface area contributed by atoms with Crippen LogP contribution >= 0.6 is 0 Å². The van der Waals surface area contributed by atoms with Gasteiger partial charge in [0.25, 0.3) is 0 Å². The van der Waals surface area contributed by atoms with Crippen LogP contribution in [0.3, 0.4) is 0 Å². The molecule has 4 aliphatic heterocycles. The van der Waals surface area contributed by atoms with Gasteiger partial charge in [-0.1, -0.05) is 0 Å². The maximum atomic E-state index is 13.5. The van der Waals surface area contributed by atoms with Crippen molar-refractivity contribution in [3.8, 4) is 0 Å². The first-order valence-corrected chi connectivity index (χ1v) is 9.00. The Morgan fingerprint density at radius 3 is 2.70 bits per heavy atom. The molecule has 0 bridgehead atoms. The molecule has 0 aromatic rings. The topological polar surface area (TPSA) is 139 Å². The third-order valence-electron chi connectivity index (χ3n) is 6.50. The number of carbonyl (C=O) groups excluding carboxylic acids is 3. The van der Waals surface area contributed by atoms with E-state index in [-0.39, 0.29) is 43.3 Å². The fraction of sp³-hybridized carbons (Fsp3) is 0.706. The van der Waals surface area contributed by atoms with Gasteiger partial charge in [0.15, 0.2) is 11.5 Å². The molecular weight excluding hydrogens is 358 g/mol. The van der Waals surface area contributed by atoms with Gasteiger partial charge in [0.1, 0.15) is 6.61 Å². The summed E-state index contributed by atoms with van der Waals surface area (Å²) in [6.45, 7) is 2.48. The third kappa shape index (κ3) is 1.86. The van der Waals surface area contributed by atoms with E-state index < -0.39 is 35.2 Å². The number of nitrogens with zero attached hydrogens (tertiary/aromatic N) is 1. The van der Waals surface area contributed by atoms with E-state index >= 15 is 0 Å². The highest BCUT2D eigenvalue weighted by atomic mass is 16.7. The zero-order valence-corrected chi connectivity index (χ0v) is 15.0.